The number of aromatic nitrogens is 2. The first kappa shape index (κ1) is 15.8. The van der Waals surface area contributed by atoms with Gasteiger partial charge in [0.1, 0.15) is 18.1 Å². The van der Waals surface area contributed by atoms with Crippen molar-refractivity contribution in [1.29, 1.82) is 0 Å². The highest BCUT2D eigenvalue weighted by atomic mass is 16.5. The fourth-order valence-electron chi connectivity index (χ4n) is 2.23. The highest BCUT2D eigenvalue weighted by molar-refractivity contribution is 5.91. The zero-order valence-electron chi connectivity index (χ0n) is 13.6. The first-order valence-corrected chi connectivity index (χ1v) is 7.35. The summed E-state index contributed by atoms with van der Waals surface area (Å²) in [4.78, 5) is 18.0. The minimum atomic E-state index is -0.259. The Morgan fingerprint density at radius 3 is 2.58 bits per heavy atom. The van der Waals surface area contributed by atoms with Crippen molar-refractivity contribution in [2.24, 2.45) is 0 Å². The predicted molar refractivity (Wildman–Crippen MR) is 85.5 cm³/mol. The number of hydrogen-bond donors (Lipinski definition) is 0. The fraction of sp³-hybridized carbons (Fsp3) is 0.235. The molecule has 1 aromatic carbocycles. The van der Waals surface area contributed by atoms with Gasteiger partial charge in [-0.2, -0.15) is 4.98 Å². The summed E-state index contributed by atoms with van der Waals surface area (Å²) in [5.41, 5.74) is 0.866. The average Bonchev–Trinajstić information content (AvgIpc) is 3.23. The van der Waals surface area contributed by atoms with Crippen LogP contribution in [0.25, 0.3) is 11.3 Å². The van der Waals surface area contributed by atoms with Crippen LogP contribution in [0.3, 0.4) is 0 Å². The van der Waals surface area contributed by atoms with E-state index in [-0.39, 0.29) is 18.2 Å². The van der Waals surface area contributed by atoms with Crippen molar-refractivity contribution < 1.29 is 18.5 Å². The van der Waals surface area contributed by atoms with Gasteiger partial charge in [-0.05, 0) is 43.3 Å². The monoisotopic (exact) mass is 327 g/mol. The summed E-state index contributed by atoms with van der Waals surface area (Å²) in [6, 6.07) is 10.8. The lowest BCUT2D eigenvalue weighted by atomic mass is 10.2. The molecule has 0 N–H and O–H groups in total. The number of carbonyl (C=O) groups is 1. The van der Waals surface area contributed by atoms with E-state index in [4.69, 9.17) is 13.7 Å². The number of methoxy groups -OCH3 is 1. The summed E-state index contributed by atoms with van der Waals surface area (Å²) < 4.78 is 15.8. The SMILES string of the molecule is COc1ccc(-c2ccc(C(=O)N(C)Cc3nc(C)no3)o2)cc1. The number of amides is 1. The largest absolute Gasteiger partial charge is 0.497 e. The van der Waals surface area contributed by atoms with Gasteiger partial charge in [-0.3, -0.25) is 4.79 Å². The van der Waals surface area contributed by atoms with Crippen molar-refractivity contribution in [3.05, 3.63) is 53.9 Å². The van der Waals surface area contributed by atoms with Gasteiger partial charge in [-0.1, -0.05) is 5.16 Å². The Morgan fingerprint density at radius 1 is 1.21 bits per heavy atom. The zero-order valence-corrected chi connectivity index (χ0v) is 13.6. The molecule has 0 fully saturated rings. The van der Waals surface area contributed by atoms with Crippen LogP contribution in [-0.2, 0) is 6.54 Å². The quantitative estimate of drug-likeness (QED) is 0.716. The van der Waals surface area contributed by atoms with Crippen molar-refractivity contribution in [3.8, 4) is 17.1 Å². The zero-order chi connectivity index (χ0) is 17.1. The molecule has 0 saturated carbocycles. The maximum atomic E-state index is 12.4. The number of hydrogen-bond acceptors (Lipinski definition) is 6. The van der Waals surface area contributed by atoms with Crippen molar-refractivity contribution in [3.63, 3.8) is 0 Å². The van der Waals surface area contributed by atoms with Crippen LogP contribution >= 0.6 is 0 Å². The van der Waals surface area contributed by atoms with E-state index >= 15 is 0 Å². The van der Waals surface area contributed by atoms with Gasteiger partial charge in [-0.15, -0.1) is 0 Å². The molecular formula is C17H17N3O4. The highest BCUT2D eigenvalue weighted by Gasteiger charge is 2.19. The molecule has 0 spiro atoms. The van der Waals surface area contributed by atoms with E-state index in [2.05, 4.69) is 10.1 Å². The van der Waals surface area contributed by atoms with Crippen LogP contribution in [0.1, 0.15) is 22.3 Å². The molecule has 1 amide bonds. The number of ether oxygens (including phenoxy) is 1. The van der Waals surface area contributed by atoms with Crippen LogP contribution in [0, 0.1) is 6.92 Å². The lowest BCUT2D eigenvalue weighted by molar-refractivity contribution is 0.0739. The van der Waals surface area contributed by atoms with Crippen LogP contribution in [0.5, 0.6) is 5.75 Å². The van der Waals surface area contributed by atoms with E-state index in [0.717, 1.165) is 11.3 Å². The molecule has 2 heterocycles. The number of carbonyl (C=O) groups excluding carboxylic acids is 1. The normalized spacial score (nSPS) is 10.6. The Balaban J connectivity index is 1.72. The van der Waals surface area contributed by atoms with Crippen molar-refractivity contribution in [2.75, 3.05) is 14.2 Å². The summed E-state index contributed by atoms with van der Waals surface area (Å²) in [5.74, 6) is 2.28. The molecule has 0 unspecified atom stereocenters. The van der Waals surface area contributed by atoms with E-state index in [9.17, 15) is 4.79 Å². The Kier molecular flexibility index (Phi) is 4.33. The summed E-state index contributed by atoms with van der Waals surface area (Å²) in [6.07, 6.45) is 0. The van der Waals surface area contributed by atoms with Crippen LogP contribution in [0.4, 0.5) is 0 Å². The van der Waals surface area contributed by atoms with Crippen LogP contribution in [0.15, 0.2) is 45.3 Å². The molecule has 0 atom stereocenters. The molecule has 7 nitrogen and oxygen atoms in total. The van der Waals surface area contributed by atoms with E-state index in [1.807, 2.05) is 24.3 Å². The van der Waals surface area contributed by atoms with Gasteiger partial charge in [0, 0.05) is 12.6 Å². The van der Waals surface area contributed by atoms with Gasteiger partial charge >= 0.3 is 0 Å². The first-order chi connectivity index (χ1) is 11.6. The topological polar surface area (TPSA) is 81.6 Å². The summed E-state index contributed by atoms with van der Waals surface area (Å²) in [5, 5.41) is 3.70. The predicted octanol–water partition coefficient (Wildman–Crippen LogP) is 2.92. The first-order valence-electron chi connectivity index (χ1n) is 7.35. The Morgan fingerprint density at radius 2 is 1.96 bits per heavy atom. The number of furan rings is 1. The van der Waals surface area contributed by atoms with Crippen LogP contribution < -0.4 is 4.74 Å². The van der Waals surface area contributed by atoms with Gasteiger partial charge in [0.15, 0.2) is 11.6 Å². The second-order valence-corrected chi connectivity index (χ2v) is 5.29. The van der Waals surface area contributed by atoms with Crippen LogP contribution in [0.2, 0.25) is 0 Å². The van der Waals surface area contributed by atoms with Gasteiger partial charge in [0.2, 0.25) is 5.89 Å². The van der Waals surface area contributed by atoms with E-state index in [0.29, 0.717) is 17.5 Å². The molecule has 0 aliphatic rings. The van der Waals surface area contributed by atoms with Gasteiger partial charge in [0.25, 0.3) is 5.91 Å². The second-order valence-electron chi connectivity index (χ2n) is 5.29. The fourth-order valence-corrected chi connectivity index (χ4v) is 2.23. The van der Waals surface area contributed by atoms with Crippen LogP contribution in [-0.4, -0.2) is 35.1 Å². The molecule has 7 heteroatoms. The maximum absolute atomic E-state index is 12.4. The molecule has 0 radical (unpaired) electrons. The maximum Gasteiger partial charge on any atom is 0.289 e. The number of nitrogens with zero attached hydrogens (tertiary/aromatic N) is 3. The van der Waals surface area contributed by atoms with Crippen molar-refractivity contribution >= 4 is 5.91 Å². The number of benzene rings is 1. The Bertz CT molecular complexity index is 836. The minimum Gasteiger partial charge on any atom is -0.497 e. The third-order valence-electron chi connectivity index (χ3n) is 3.48. The molecule has 0 bridgehead atoms. The van der Waals surface area contributed by atoms with Gasteiger partial charge in [0.05, 0.1) is 7.11 Å². The van der Waals surface area contributed by atoms with Gasteiger partial charge < -0.3 is 18.6 Å². The van der Waals surface area contributed by atoms with Crippen molar-refractivity contribution in [1.82, 2.24) is 15.0 Å². The third kappa shape index (κ3) is 3.29. The molecule has 0 aliphatic carbocycles. The minimum absolute atomic E-state index is 0.220. The molecule has 0 saturated heterocycles. The summed E-state index contributed by atoms with van der Waals surface area (Å²) in [6.45, 7) is 1.95. The van der Waals surface area contributed by atoms with Gasteiger partial charge in [-0.25, -0.2) is 0 Å². The van der Waals surface area contributed by atoms with Crippen molar-refractivity contribution in [2.45, 2.75) is 13.5 Å². The lowest BCUT2D eigenvalue weighted by Gasteiger charge is -2.12. The standard InChI is InChI=1S/C17H17N3O4/c1-11-18-16(24-19-11)10-20(2)17(21)15-9-8-14(23-15)12-4-6-13(22-3)7-5-12/h4-9H,10H2,1-3H3. The van der Waals surface area contributed by atoms with E-state index in [1.54, 1.807) is 33.2 Å². The molecule has 3 aromatic rings. The Labute approximate surface area is 138 Å². The lowest BCUT2D eigenvalue weighted by Crippen LogP contribution is -2.25. The van der Waals surface area contributed by atoms with E-state index in [1.165, 1.54) is 4.90 Å². The molecular weight excluding hydrogens is 310 g/mol. The second kappa shape index (κ2) is 6.57. The molecule has 2 aromatic heterocycles. The number of rotatable bonds is 5. The average molecular weight is 327 g/mol. The third-order valence-corrected chi connectivity index (χ3v) is 3.48. The Hall–Kier alpha value is -3.09. The van der Waals surface area contributed by atoms with E-state index < -0.39 is 0 Å². The molecule has 3 rings (SSSR count). The molecule has 24 heavy (non-hydrogen) atoms. The summed E-state index contributed by atoms with van der Waals surface area (Å²) in [7, 11) is 3.26. The molecule has 0 aliphatic heterocycles. The molecule has 124 valence electrons. The number of aryl methyl sites for hydroxylation is 1. The smallest absolute Gasteiger partial charge is 0.289 e. The highest BCUT2D eigenvalue weighted by Crippen LogP contribution is 2.25. The summed E-state index contributed by atoms with van der Waals surface area (Å²) >= 11 is 0.